The van der Waals surface area contributed by atoms with E-state index in [-0.39, 0.29) is 11.5 Å². The first kappa shape index (κ1) is 14.5. The summed E-state index contributed by atoms with van der Waals surface area (Å²) in [6, 6.07) is 4.73. The van der Waals surface area contributed by atoms with E-state index in [0.717, 1.165) is 31.5 Å². The Morgan fingerprint density at radius 1 is 1.45 bits per heavy atom. The summed E-state index contributed by atoms with van der Waals surface area (Å²) in [4.78, 5) is 22.9. The quantitative estimate of drug-likeness (QED) is 0.786. The zero-order valence-corrected chi connectivity index (χ0v) is 11.6. The van der Waals surface area contributed by atoms with Gasteiger partial charge in [0.2, 0.25) is 5.91 Å². The summed E-state index contributed by atoms with van der Waals surface area (Å²) >= 11 is 0. The van der Waals surface area contributed by atoms with Gasteiger partial charge in [-0.3, -0.25) is 4.79 Å². The van der Waals surface area contributed by atoms with Gasteiger partial charge in [-0.25, -0.2) is 4.79 Å². The van der Waals surface area contributed by atoms with Crippen LogP contribution in [0.2, 0.25) is 0 Å². The maximum atomic E-state index is 12.0. The van der Waals surface area contributed by atoms with Crippen molar-refractivity contribution in [3.8, 4) is 0 Å². The molecule has 1 aromatic carbocycles. The average Bonchev–Trinajstić information content (AvgIpc) is 2.42. The monoisotopic (exact) mass is 276 g/mol. The second kappa shape index (κ2) is 6.52. The zero-order chi connectivity index (χ0) is 14.5. The smallest absolute Gasteiger partial charge is 0.335 e. The Hall–Kier alpha value is -1.88. The third-order valence-electron chi connectivity index (χ3n) is 3.62. The Balaban J connectivity index is 1.95. The standard InChI is InChI=1S/C15H20N2O3/c1-10-7-12(15(19)20)4-5-13(10)17-14(18)8-11-3-2-6-16-9-11/h4-5,7,11,16H,2-3,6,8-9H2,1H3,(H,17,18)(H,19,20). The topological polar surface area (TPSA) is 78.4 Å². The molecule has 5 heteroatoms. The predicted octanol–water partition coefficient (Wildman–Crippen LogP) is 2.02. The molecule has 20 heavy (non-hydrogen) atoms. The van der Waals surface area contributed by atoms with E-state index < -0.39 is 5.97 Å². The van der Waals surface area contributed by atoms with Gasteiger partial charge in [0.25, 0.3) is 0 Å². The number of rotatable bonds is 4. The van der Waals surface area contributed by atoms with Crippen LogP contribution in [0.5, 0.6) is 0 Å². The second-order valence-corrected chi connectivity index (χ2v) is 5.30. The normalized spacial score (nSPS) is 18.6. The van der Waals surface area contributed by atoms with Crippen molar-refractivity contribution < 1.29 is 14.7 Å². The third-order valence-corrected chi connectivity index (χ3v) is 3.62. The lowest BCUT2D eigenvalue weighted by Gasteiger charge is -2.22. The molecule has 1 aliphatic heterocycles. The van der Waals surface area contributed by atoms with Crippen LogP contribution >= 0.6 is 0 Å². The van der Waals surface area contributed by atoms with Crippen LogP contribution in [-0.2, 0) is 4.79 Å². The van der Waals surface area contributed by atoms with Crippen LogP contribution in [0.4, 0.5) is 5.69 Å². The predicted molar refractivity (Wildman–Crippen MR) is 77.0 cm³/mol. The van der Waals surface area contributed by atoms with Gasteiger partial charge in [-0.2, -0.15) is 0 Å². The summed E-state index contributed by atoms with van der Waals surface area (Å²) in [5.74, 6) is -0.577. The van der Waals surface area contributed by atoms with Crippen LogP contribution in [-0.4, -0.2) is 30.1 Å². The summed E-state index contributed by atoms with van der Waals surface area (Å²) < 4.78 is 0. The fraction of sp³-hybridized carbons (Fsp3) is 0.467. The van der Waals surface area contributed by atoms with Crippen LogP contribution in [0, 0.1) is 12.8 Å². The van der Waals surface area contributed by atoms with Crippen molar-refractivity contribution in [2.24, 2.45) is 5.92 Å². The largest absolute Gasteiger partial charge is 0.478 e. The number of hydrogen-bond donors (Lipinski definition) is 3. The highest BCUT2D eigenvalue weighted by Gasteiger charge is 2.17. The number of carbonyl (C=O) groups excluding carboxylic acids is 1. The lowest BCUT2D eigenvalue weighted by atomic mass is 9.96. The Bertz CT molecular complexity index is 508. The number of amides is 1. The van der Waals surface area contributed by atoms with Gasteiger partial charge in [-0.05, 0) is 62.5 Å². The van der Waals surface area contributed by atoms with Gasteiger partial charge in [0.1, 0.15) is 0 Å². The number of aryl methyl sites for hydroxylation is 1. The average molecular weight is 276 g/mol. The van der Waals surface area contributed by atoms with Crippen LogP contribution < -0.4 is 10.6 Å². The van der Waals surface area contributed by atoms with Gasteiger partial charge in [0.15, 0.2) is 0 Å². The molecule has 1 aliphatic rings. The lowest BCUT2D eigenvalue weighted by Crippen LogP contribution is -2.32. The van der Waals surface area contributed by atoms with Gasteiger partial charge in [0.05, 0.1) is 5.56 Å². The van der Waals surface area contributed by atoms with Crippen molar-refractivity contribution >= 4 is 17.6 Å². The number of benzene rings is 1. The third kappa shape index (κ3) is 3.81. The molecule has 1 unspecified atom stereocenters. The molecular weight excluding hydrogens is 256 g/mol. The molecule has 0 radical (unpaired) electrons. The Morgan fingerprint density at radius 2 is 2.25 bits per heavy atom. The van der Waals surface area contributed by atoms with E-state index in [1.165, 1.54) is 6.07 Å². The Morgan fingerprint density at radius 3 is 2.85 bits per heavy atom. The van der Waals surface area contributed by atoms with Crippen LogP contribution in [0.15, 0.2) is 18.2 Å². The van der Waals surface area contributed by atoms with Gasteiger partial charge in [-0.1, -0.05) is 0 Å². The van der Waals surface area contributed by atoms with Gasteiger partial charge in [-0.15, -0.1) is 0 Å². The molecule has 3 N–H and O–H groups in total. The molecule has 1 saturated heterocycles. The van der Waals surface area contributed by atoms with Crippen molar-refractivity contribution in [2.45, 2.75) is 26.2 Å². The fourth-order valence-electron chi connectivity index (χ4n) is 2.50. The van der Waals surface area contributed by atoms with Gasteiger partial charge < -0.3 is 15.7 Å². The number of aromatic carboxylic acids is 1. The summed E-state index contributed by atoms with van der Waals surface area (Å²) in [5.41, 5.74) is 1.68. The van der Waals surface area contributed by atoms with E-state index in [1.807, 2.05) is 0 Å². The second-order valence-electron chi connectivity index (χ2n) is 5.30. The van der Waals surface area contributed by atoms with Crippen molar-refractivity contribution in [3.05, 3.63) is 29.3 Å². The number of nitrogens with one attached hydrogen (secondary N) is 2. The minimum Gasteiger partial charge on any atom is -0.478 e. The highest BCUT2D eigenvalue weighted by atomic mass is 16.4. The number of piperidine rings is 1. The van der Waals surface area contributed by atoms with Crippen LogP contribution in [0.1, 0.15) is 35.2 Å². The van der Waals surface area contributed by atoms with E-state index >= 15 is 0 Å². The van der Waals surface area contributed by atoms with E-state index in [4.69, 9.17) is 5.11 Å². The molecule has 0 saturated carbocycles. The highest BCUT2D eigenvalue weighted by molar-refractivity contribution is 5.93. The first-order chi connectivity index (χ1) is 9.56. The summed E-state index contributed by atoms with van der Waals surface area (Å²) in [6.07, 6.45) is 2.70. The van der Waals surface area contributed by atoms with Crippen molar-refractivity contribution in [3.63, 3.8) is 0 Å². The molecule has 108 valence electrons. The number of carbonyl (C=O) groups is 2. The minimum absolute atomic E-state index is 0.00937. The number of carboxylic acid groups (broad SMARTS) is 1. The zero-order valence-electron chi connectivity index (χ0n) is 11.6. The molecule has 1 atom stereocenters. The van der Waals surface area contributed by atoms with Crippen molar-refractivity contribution in [1.29, 1.82) is 0 Å². The van der Waals surface area contributed by atoms with Crippen molar-refractivity contribution in [2.75, 3.05) is 18.4 Å². The summed E-state index contributed by atoms with van der Waals surface area (Å²) in [6.45, 7) is 3.72. The summed E-state index contributed by atoms with van der Waals surface area (Å²) in [7, 11) is 0. The van der Waals surface area contributed by atoms with Crippen LogP contribution in [0.3, 0.4) is 0 Å². The fourth-order valence-corrected chi connectivity index (χ4v) is 2.50. The van der Waals surface area contributed by atoms with E-state index in [9.17, 15) is 9.59 Å². The van der Waals surface area contributed by atoms with E-state index in [2.05, 4.69) is 10.6 Å². The molecule has 5 nitrogen and oxygen atoms in total. The molecule has 1 fully saturated rings. The minimum atomic E-state index is -0.959. The molecule has 1 aromatic rings. The molecule has 1 heterocycles. The summed E-state index contributed by atoms with van der Waals surface area (Å²) in [5, 5.41) is 15.1. The van der Waals surface area contributed by atoms with Crippen LogP contribution in [0.25, 0.3) is 0 Å². The van der Waals surface area contributed by atoms with E-state index in [0.29, 0.717) is 18.0 Å². The van der Waals surface area contributed by atoms with E-state index in [1.54, 1.807) is 19.1 Å². The highest BCUT2D eigenvalue weighted by Crippen LogP contribution is 2.19. The molecule has 0 aromatic heterocycles. The maximum Gasteiger partial charge on any atom is 0.335 e. The first-order valence-corrected chi connectivity index (χ1v) is 6.91. The SMILES string of the molecule is Cc1cc(C(=O)O)ccc1NC(=O)CC1CCCNC1. The van der Waals surface area contributed by atoms with Gasteiger partial charge in [0, 0.05) is 12.1 Å². The molecule has 0 aliphatic carbocycles. The Kier molecular flexibility index (Phi) is 4.74. The molecule has 2 rings (SSSR count). The molecule has 0 bridgehead atoms. The van der Waals surface area contributed by atoms with Gasteiger partial charge >= 0.3 is 5.97 Å². The molecule has 0 spiro atoms. The maximum absolute atomic E-state index is 12.0. The van der Waals surface area contributed by atoms with Crippen molar-refractivity contribution in [1.82, 2.24) is 5.32 Å². The lowest BCUT2D eigenvalue weighted by molar-refractivity contribution is -0.117. The number of carboxylic acids is 1. The molecular formula is C15H20N2O3. The number of hydrogen-bond acceptors (Lipinski definition) is 3. The Labute approximate surface area is 118 Å². The number of anilines is 1. The molecule has 1 amide bonds. The first-order valence-electron chi connectivity index (χ1n) is 6.91.